The molecule has 0 aliphatic carbocycles. The quantitative estimate of drug-likeness (QED) is 0.815. The molecule has 0 saturated heterocycles. The van der Waals surface area contributed by atoms with Crippen LogP contribution in [0.1, 0.15) is 44.0 Å². The van der Waals surface area contributed by atoms with Crippen LogP contribution in [0.2, 0.25) is 0 Å². The molecule has 2 atom stereocenters. The normalized spacial score (nSPS) is 13.6. The molecule has 0 spiro atoms. The fourth-order valence-corrected chi connectivity index (χ4v) is 2.72. The Bertz CT molecular complexity index is 596. The maximum absolute atomic E-state index is 12.2. The minimum absolute atomic E-state index is 0.0136. The van der Waals surface area contributed by atoms with Crippen molar-refractivity contribution in [1.29, 1.82) is 0 Å². The van der Waals surface area contributed by atoms with Gasteiger partial charge in [-0.3, -0.25) is 4.79 Å². The number of carbonyl (C=O) groups excluding carboxylic acids is 1. The summed E-state index contributed by atoms with van der Waals surface area (Å²) in [6, 6.07) is 20.5. The van der Waals surface area contributed by atoms with E-state index in [1.54, 1.807) is 0 Å². The van der Waals surface area contributed by atoms with Gasteiger partial charge < -0.3 is 10.6 Å². The number of nitrogens with one attached hydrogen (secondary N) is 2. The molecular weight excluding hydrogens is 284 g/mol. The molecule has 122 valence electrons. The summed E-state index contributed by atoms with van der Waals surface area (Å²) in [4.78, 5) is 12.2. The molecule has 0 aliphatic heterocycles. The highest BCUT2D eigenvalue weighted by Crippen LogP contribution is 2.21. The molecule has 23 heavy (non-hydrogen) atoms. The zero-order valence-corrected chi connectivity index (χ0v) is 14.1. The number of amides is 1. The third-order valence-electron chi connectivity index (χ3n) is 3.98. The van der Waals surface area contributed by atoms with Gasteiger partial charge in [0, 0.05) is 6.04 Å². The van der Waals surface area contributed by atoms with Gasteiger partial charge in [-0.05, 0) is 24.0 Å². The van der Waals surface area contributed by atoms with E-state index in [9.17, 15) is 4.79 Å². The van der Waals surface area contributed by atoms with Crippen molar-refractivity contribution in [2.75, 3.05) is 6.54 Å². The Morgan fingerprint density at radius 3 is 1.91 bits per heavy atom. The first-order chi connectivity index (χ1) is 11.1. The van der Waals surface area contributed by atoms with Crippen LogP contribution in [0.3, 0.4) is 0 Å². The Morgan fingerprint density at radius 2 is 1.39 bits per heavy atom. The fraction of sp³-hybridized carbons (Fsp3) is 0.350. The van der Waals surface area contributed by atoms with E-state index in [1.165, 1.54) is 5.56 Å². The Balaban J connectivity index is 1.89. The molecule has 0 aliphatic rings. The van der Waals surface area contributed by atoms with Crippen molar-refractivity contribution < 1.29 is 4.79 Å². The second kappa shape index (κ2) is 8.49. The van der Waals surface area contributed by atoms with Crippen molar-refractivity contribution in [3.63, 3.8) is 0 Å². The van der Waals surface area contributed by atoms with Crippen molar-refractivity contribution in [2.24, 2.45) is 5.92 Å². The molecule has 2 aromatic carbocycles. The summed E-state index contributed by atoms with van der Waals surface area (Å²) in [6.07, 6.45) is 0. The zero-order valence-electron chi connectivity index (χ0n) is 14.1. The van der Waals surface area contributed by atoms with Crippen LogP contribution in [0.25, 0.3) is 0 Å². The average molecular weight is 310 g/mol. The maximum Gasteiger partial charge on any atom is 0.234 e. The van der Waals surface area contributed by atoms with E-state index in [0.717, 1.165) is 5.56 Å². The van der Waals surface area contributed by atoms with E-state index in [1.807, 2.05) is 55.5 Å². The smallest absolute Gasteiger partial charge is 0.234 e. The third-order valence-corrected chi connectivity index (χ3v) is 3.98. The SMILES string of the molecule is CC(C)[C@@H](NCC(=O)N[C@H](C)c1ccccc1)c1ccccc1. The minimum Gasteiger partial charge on any atom is -0.348 e. The van der Waals surface area contributed by atoms with Crippen LogP contribution in [-0.2, 0) is 4.79 Å². The van der Waals surface area contributed by atoms with Crippen LogP contribution < -0.4 is 10.6 Å². The van der Waals surface area contributed by atoms with Crippen molar-refractivity contribution >= 4 is 5.91 Å². The van der Waals surface area contributed by atoms with Gasteiger partial charge in [0.25, 0.3) is 0 Å². The molecule has 2 N–H and O–H groups in total. The van der Waals surface area contributed by atoms with Gasteiger partial charge in [0.05, 0.1) is 12.6 Å². The molecule has 3 nitrogen and oxygen atoms in total. The zero-order chi connectivity index (χ0) is 16.7. The molecule has 0 bridgehead atoms. The van der Waals surface area contributed by atoms with Crippen LogP contribution in [-0.4, -0.2) is 12.5 Å². The maximum atomic E-state index is 12.2. The highest BCUT2D eigenvalue weighted by Gasteiger charge is 2.17. The Morgan fingerprint density at radius 1 is 0.870 bits per heavy atom. The van der Waals surface area contributed by atoms with Crippen molar-refractivity contribution in [3.05, 3.63) is 71.8 Å². The molecule has 2 aromatic rings. The van der Waals surface area contributed by atoms with Gasteiger partial charge >= 0.3 is 0 Å². The van der Waals surface area contributed by atoms with E-state index in [-0.39, 0.29) is 18.0 Å². The Labute approximate surface area is 139 Å². The lowest BCUT2D eigenvalue weighted by Crippen LogP contribution is -2.38. The summed E-state index contributed by atoms with van der Waals surface area (Å²) < 4.78 is 0. The van der Waals surface area contributed by atoms with Crippen LogP contribution in [0.4, 0.5) is 0 Å². The molecule has 0 fully saturated rings. The fourth-order valence-electron chi connectivity index (χ4n) is 2.72. The van der Waals surface area contributed by atoms with Gasteiger partial charge in [0.1, 0.15) is 0 Å². The topological polar surface area (TPSA) is 41.1 Å². The number of hydrogen-bond acceptors (Lipinski definition) is 2. The largest absolute Gasteiger partial charge is 0.348 e. The van der Waals surface area contributed by atoms with E-state index in [2.05, 4.69) is 36.6 Å². The third kappa shape index (κ3) is 5.22. The minimum atomic E-state index is 0.0136. The van der Waals surface area contributed by atoms with Gasteiger partial charge in [-0.25, -0.2) is 0 Å². The second-order valence-electron chi connectivity index (χ2n) is 6.21. The number of rotatable bonds is 7. The first kappa shape index (κ1) is 17.2. The monoisotopic (exact) mass is 310 g/mol. The van der Waals surface area contributed by atoms with Gasteiger partial charge in [-0.1, -0.05) is 74.5 Å². The number of hydrogen-bond donors (Lipinski definition) is 2. The van der Waals surface area contributed by atoms with Crippen molar-refractivity contribution in [2.45, 2.75) is 32.9 Å². The van der Waals surface area contributed by atoms with Crippen LogP contribution in [0.5, 0.6) is 0 Å². The van der Waals surface area contributed by atoms with Crippen LogP contribution in [0.15, 0.2) is 60.7 Å². The molecule has 0 heterocycles. The van der Waals surface area contributed by atoms with Gasteiger partial charge in [-0.15, -0.1) is 0 Å². The lowest BCUT2D eigenvalue weighted by molar-refractivity contribution is -0.121. The molecule has 1 amide bonds. The predicted molar refractivity (Wildman–Crippen MR) is 95.0 cm³/mol. The first-order valence-electron chi connectivity index (χ1n) is 8.20. The second-order valence-corrected chi connectivity index (χ2v) is 6.21. The van der Waals surface area contributed by atoms with Gasteiger partial charge in [0.2, 0.25) is 5.91 Å². The summed E-state index contributed by atoms with van der Waals surface area (Å²) in [7, 11) is 0. The highest BCUT2D eigenvalue weighted by atomic mass is 16.1. The summed E-state index contributed by atoms with van der Waals surface area (Å²) in [5, 5.41) is 6.42. The van der Waals surface area contributed by atoms with Crippen molar-refractivity contribution in [3.8, 4) is 0 Å². The Hall–Kier alpha value is -2.13. The van der Waals surface area contributed by atoms with Crippen LogP contribution >= 0.6 is 0 Å². The van der Waals surface area contributed by atoms with Crippen LogP contribution in [0, 0.1) is 5.92 Å². The van der Waals surface area contributed by atoms with E-state index < -0.39 is 0 Å². The molecule has 0 unspecified atom stereocenters. The lowest BCUT2D eigenvalue weighted by Gasteiger charge is -2.23. The summed E-state index contributed by atoms with van der Waals surface area (Å²) in [5.41, 5.74) is 2.33. The van der Waals surface area contributed by atoms with E-state index in [0.29, 0.717) is 12.5 Å². The first-order valence-corrected chi connectivity index (χ1v) is 8.20. The van der Waals surface area contributed by atoms with Gasteiger partial charge in [-0.2, -0.15) is 0 Å². The molecule has 3 heteroatoms. The van der Waals surface area contributed by atoms with E-state index >= 15 is 0 Å². The molecule has 0 aromatic heterocycles. The molecular formula is C20H26N2O. The highest BCUT2D eigenvalue weighted by molar-refractivity contribution is 5.78. The molecule has 2 rings (SSSR count). The van der Waals surface area contributed by atoms with Gasteiger partial charge in [0.15, 0.2) is 0 Å². The van der Waals surface area contributed by atoms with E-state index in [4.69, 9.17) is 0 Å². The van der Waals surface area contributed by atoms with Crippen molar-refractivity contribution in [1.82, 2.24) is 10.6 Å². The average Bonchev–Trinajstić information content (AvgIpc) is 2.56. The lowest BCUT2D eigenvalue weighted by atomic mass is 9.96. The summed E-state index contributed by atoms with van der Waals surface area (Å²) in [6.45, 7) is 6.64. The predicted octanol–water partition coefficient (Wildman–Crippen LogP) is 3.85. The summed E-state index contributed by atoms with van der Waals surface area (Å²) in [5.74, 6) is 0.430. The number of carbonyl (C=O) groups is 1. The molecule has 0 saturated carbocycles. The summed E-state index contributed by atoms with van der Waals surface area (Å²) >= 11 is 0. The standard InChI is InChI=1S/C20H26N2O/c1-15(2)20(18-12-8-5-9-13-18)21-14-19(23)22-16(3)17-10-6-4-7-11-17/h4-13,15-16,20-21H,14H2,1-3H3,(H,22,23)/t16-,20-/m1/s1. The Kier molecular flexibility index (Phi) is 6.36. The number of benzene rings is 2. The molecule has 0 radical (unpaired) electrons.